The highest BCUT2D eigenvalue weighted by atomic mass is 32.2. The zero-order valence-corrected chi connectivity index (χ0v) is 21.2. The number of allylic oxidation sites excluding steroid dienone is 3. The van der Waals surface area contributed by atoms with E-state index in [1.165, 1.54) is 11.9 Å². The summed E-state index contributed by atoms with van der Waals surface area (Å²) in [5, 5.41) is 0. The molecule has 0 heterocycles. The molecule has 0 aliphatic heterocycles. The summed E-state index contributed by atoms with van der Waals surface area (Å²) in [5.41, 5.74) is 3.01. The molecule has 0 spiro atoms. The molecule has 5 heteroatoms. The van der Waals surface area contributed by atoms with Gasteiger partial charge in [0, 0.05) is 10.6 Å². The topological polar surface area (TPSA) is 39.7 Å². The highest BCUT2D eigenvalue weighted by Crippen LogP contribution is 2.38. The first-order valence-corrected chi connectivity index (χ1v) is 11.4. The Hall–Kier alpha value is -3.05. The lowest BCUT2D eigenvalue weighted by Gasteiger charge is -2.12. The van der Waals surface area contributed by atoms with Crippen LogP contribution in [0.25, 0.3) is 12.2 Å². The van der Waals surface area contributed by atoms with Gasteiger partial charge in [-0.1, -0.05) is 77.3 Å². The number of methoxy groups -OCH3 is 3. The number of hydrogen-bond acceptors (Lipinski definition) is 5. The third-order valence-corrected chi connectivity index (χ3v) is 4.69. The summed E-state index contributed by atoms with van der Waals surface area (Å²) in [7, 11) is 4.81. The Labute approximate surface area is 198 Å². The molecule has 2 rings (SSSR count). The first-order chi connectivity index (χ1) is 15.6. The van der Waals surface area contributed by atoms with Crippen LogP contribution in [0, 0.1) is 0 Å². The zero-order valence-electron chi connectivity index (χ0n) is 20.4. The van der Waals surface area contributed by atoms with Gasteiger partial charge in [0.05, 0.1) is 21.3 Å². The summed E-state index contributed by atoms with van der Waals surface area (Å²) < 4.78 is 19.5. The van der Waals surface area contributed by atoms with Crippen molar-refractivity contribution in [3.05, 3.63) is 83.8 Å². The fraction of sp³-hybridized carbons (Fsp3) is 0.259. The van der Waals surface area contributed by atoms with Gasteiger partial charge in [0.25, 0.3) is 0 Å². The minimum atomic E-state index is 0.580. The molecule has 2 aromatic carbocycles. The highest BCUT2D eigenvalue weighted by molar-refractivity contribution is 8.04. The van der Waals surface area contributed by atoms with Gasteiger partial charge in [-0.3, -0.25) is 0 Å². The van der Waals surface area contributed by atoms with Crippen molar-refractivity contribution < 1.29 is 14.2 Å². The number of hydrogen-bond donors (Lipinski definition) is 1. The van der Waals surface area contributed by atoms with Crippen LogP contribution < -0.4 is 18.9 Å². The first-order valence-electron chi connectivity index (χ1n) is 10.6. The first kappa shape index (κ1) is 28.9. The SMILES string of the molecule is C=C/C=C(\C=C)SNc1cccc(/C=C\c2cc(OC)c(OC)c(OC)c2)c1.CC.CC. The fourth-order valence-corrected chi connectivity index (χ4v) is 3.08. The van der Waals surface area contributed by atoms with Gasteiger partial charge >= 0.3 is 0 Å². The van der Waals surface area contributed by atoms with E-state index in [2.05, 4.69) is 23.9 Å². The lowest BCUT2D eigenvalue weighted by molar-refractivity contribution is 0.324. The second kappa shape index (κ2) is 17.6. The maximum absolute atomic E-state index is 5.40. The molecule has 0 fully saturated rings. The van der Waals surface area contributed by atoms with Crippen molar-refractivity contribution >= 4 is 29.8 Å². The van der Waals surface area contributed by atoms with Crippen LogP contribution in [0.15, 0.2) is 72.7 Å². The maximum atomic E-state index is 5.40. The molecule has 0 bridgehead atoms. The smallest absolute Gasteiger partial charge is 0.203 e. The fourth-order valence-electron chi connectivity index (χ4n) is 2.47. The number of nitrogens with one attached hydrogen (secondary N) is 1. The van der Waals surface area contributed by atoms with Crippen LogP contribution in [-0.2, 0) is 0 Å². The van der Waals surface area contributed by atoms with Crippen LogP contribution in [0.3, 0.4) is 0 Å². The summed E-state index contributed by atoms with van der Waals surface area (Å²) in [6.07, 6.45) is 9.46. The van der Waals surface area contributed by atoms with E-state index in [-0.39, 0.29) is 0 Å². The van der Waals surface area contributed by atoms with Gasteiger partial charge < -0.3 is 18.9 Å². The third kappa shape index (κ3) is 9.40. The summed E-state index contributed by atoms with van der Waals surface area (Å²) >= 11 is 1.49. The van der Waals surface area contributed by atoms with Crippen LogP contribution in [0.1, 0.15) is 38.8 Å². The summed E-state index contributed by atoms with van der Waals surface area (Å²) in [5.74, 6) is 1.83. The molecular weight excluding hydrogens is 418 g/mol. The molecule has 0 atom stereocenters. The molecule has 1 N–H and O–H groups in total. The van der Waals surface area contributed by atoms with E-state index in [1.54, 1.807) is 33.5 Å². The molecule has 4 nitrogen and oxygen atoms in total. The third-order valence-electron chi connectivity index (χ3n) is 3.81. The maximum Gasteiger partial charge on any atom is 0.203 e. The largest absolute Gasteiger partial charge is 0.493 e. The van der Waals surface area contributed by atoms with E-state index in [1.807, 2.05) is 76.3 Å². The predicted octanol–water partition coefficient (Wildman–Crippen LogP) is 8.25. The van der Waals surface area contributed by atoms with Gasteiger partial charge in [0.2, 0.25) is 5.75 Å². The molecule has 32 heavy (non-hydrogen) atoms. The van der Waals surface area contributed by atoms with E-state index >= 15 is 0 Å². The second-order valence-electron chi connectivity index (χ2n) is 5.63. The van der Waals surface area contributed by atoms with E-state index in [0.29, 0.717) is 17.2 Å². The Balaban J connectivity index is 0.00000227. The van der Waals surface area contributed by atoms with Crippen molar-refractivity contribution in [1.29, 1.82) is 0 Å². The average molecular weight is 456 g/mol. The Morgan fingerprint density at radius 3 is 1.94 bits per heavy atom. The monoisotopic (exact) mass is 455 g/mol. The minimum Gasteiger partial charge on any atom is -0.493 e. The van der Waals surface area contributed by atoms with Gasteiger partial charge in [-0.2, -0.15) is 0 Å². The van der Waals surface area contributed by atoms with Crippen LogP contribution >= 0.6 is 11.9 Å². The molecule has 0 saturated carbocycles. The Kier molecular flexibility index (Phi) is 15.9. The van der Waals surface area contributed by atoms with Gasteiger partial charge in [-0.25, -0.2) is 0 Å². The molecule has 174 valence electrons. The number of rotatable bonds is 10. The van der Waals surface area contributed by atoms with Crippen molar-refractivity contribution in [2.75, 3.05) is 26.1 Å². The second-order valence-corrected chi connectivity index (χ2v) is 6.51. The molecule has 2 aromatic rings. The predicted molar refractivity (Wildman–Crippen MR) is 144 cm³/mol. The van der Waals surface area contributed by atoms with Crippen LogP contribution in [0.2, 0.25) is 0 Å². The standard InChI is InChI=1S/C23H25NO3S.2C2H6/c1-6-9-20(7-2)28-24-19-11-8-10-17(14-19)12-13-18-15-21(25-3)23(27-5)22(16-18)26-4;2*1-2/h6-16,24H,1-2H2,3-5H3;2*1-2H3/b13-12-,20-9+;;. The summed E-state index contributed by atoms with van der Waals surface area (Å²) in [6, 6.07) is 11.9. The van der Waals surface area contributed by atoms with Crippen LogP contribution in [-0.4, -0.2) is 21.3 Å². The van der Waals surface area contributed by atoms with E-state index in [9.17, 15) is 0 Å². The highest BCUT2D eigenvalue weighted by Gasteiger charge is 2.11. The quantitative estimate of drug-likeness (QED) is 0.222. The van der Waals surface area contributed by atoms with Gasteiger partial charge in [0.15, 0.2) is 11.5 Å². The lowest BCUT2D eigenvalue weighted by Crippen LogP contribution is -1.95. The molecule has 0 amide bonds. The Bertz CT molecular complexity index is 863. The van der Waals surface area contributed by atoms with Crippen molar-refractivity contribution in [2.24, 2.45) is 0 Å². The van der Waals surface area contributed by atoms with Crippen molar-refractivity contribution in [3.8, 4) is 17.2 Å². The summed E-state index contributed by atoms with van der Waals surface area (Å²) in [4.78, 5) is 0.994. The molecule has 0 unspecified atom stereocenters. The lowest BCUT2D eigenvalue weighted by atomic mass is 10.1. The Morgan fingerprint density at radius 1 is 0.844 bits per heavy atom. The number of benzene rings is 2. The van der Waals surface area contributed by atoms with Gasteiger partial charge in [-0.05, 0) is 53.4 Å². The minimum absolute atomic E-state index is 0.580. The number of anilines is 1. The normalized spacial score (nSPS) is 10.2. The van der Waals surface area contributed by atoms with Crippen molar-refractivity contribution in [1.82, 2.24) is 0 Å². The molecule has 0 aliphatic carbocycles. The van der Waals surface area contributed by atoms with Gasteiger partial charge in [0.1, 0.15) is 0 Å². The molecule has 0 aromatic heterocycles. The molecular formula is C27H37NO3S. The van der Waals surface area contributed by atoms with Crippen molar-refractivity contribution in [3.63, 3.8) is 0 Å². The number of ether oxygens (including phenoxy) is 3. The van der Waals surface area contributed by atoms with E-state index < -0.39 is 0 Å². The summed E-state index contributed by atoms with van der Waals surface area (Å²) in [6.45, 7) is 15.5. The van der Waals surface area contributed by atoms with Crippen molar-refractivity contribution in [2.45, 2.75) is 27.7 Å². The van der Waals surface area contributed by atoms with E-state index in [0.717, 1.165) is 21.7 Å². The Morgan fingerprint density at radius 2 is 1.44 bits per heavy atom. The molecule has 0 saturated heterocycles. The van der Waals surface area contributed by atoms with Gasteiger partial charge in [-0.15, -0.1) is 0 Å². The molecule has 0 radical (unpaired) electrons. The average Bonchev–Trinajstić information content (AvgIpc) is 2.87. The van der Waals surface area contributed by atoms with Crippen LogP contribution in [0.5, 0.6) is 17.2 Å². The zero-order chi connectivity index (χ0) is 24.4. The van der Waals surface area contributed by atoms with Crippen LogP contribution in [0.4, 0.5) is 5.69 Å². The molecule has 0 aliphatic rings. The van der Waals surface area contributed by atoms with E-state index in [4.69, 9.17) is 14.2 Å².